The van der Waals surface area contributed by atoms with E-state index in [2.05, 4.69) is 60.3 Å². The summed E-state index contributed by atoms with van der Waals surface area (Å²) < 4.78 is 0. The first-order valence-corrected chi connectivity index (χ1v) is 11.0. The molecule has 166 valence electrons. The van der Waals surface area contributed by atoms with Crippen molar-refractivity contribution < 1.29 is 0 Å². The van der Waals surface area contributed by atoms with Crippen molar-refractivity contribution in [1.29, 1.82) is 0 Å². The van der Waals surface area contributed by atoms with E-state index in [1.54, 1.807) is 24.8 Å². The maximum Gasteiger partial charge on any atom is 0.159 e. The third kappa shape index (κ3) is 3.53. The fraction of sp³-hybridized carbons (Fsp3) is 0.120. The monoisotopic (exact) mass is 447 g/mol. The summed E-state index contributed by atoms with van der Waals surface area (Å²) >= 11 is 0. The van der Waals surface area contributed by atoms with E-state index in [4.69, 9.17) is 4.98 Å². The molecule has 0 aromatic carbocycles. The summed E-state index contributed by atoms with van der Waals surface area (Å²) in [6.07, 6.45) is 12.5. The minimum Gasteiger partial charge on any atom is -0.382 e. The fourth-order valence-electron chi connectivity index (χ4n) is 4.04. The number of hydrogen-bond acceptors (Lipinski definition) is 7. The van der Waals surface area contributed by atoms with Gasteiger partial charge in [0, 0.05) is 53.5 Å². The summed E-state index contributed by atoms with van der Waals surface area (Å²) in [5.41, 5.74) is 7.85. The van der Waals surface area contributed by atoms with E-state index in [0.29, 0.717) is 11.9 Å². The zero-order chi connectivity index (χ0) is 23.1. The van der Waals surface area contributed by atoms with Crippen molar-refractivity contribution in [2.24, 2.45) is 0 Å². The molecule has 0 aliphatic rings. The normalized spacial score (nSPS) is 11.5. The number of rotatable bonds is 5. The van der Waals surface area contributed by atoms with Gasteiger partial charge in [-0.15, -0.1) is 0 Å². The number of hydrogen-bond donors (Lipinski definition) is 3. The Morgan fingerprint density at radius 2 is 1.71 bits per heavy atom. The largest absolute Gasteiger partial charge is 0.382 e. The number of imidazole rings is 1. The Bertz CT molecular complexity index is 1620. The predicted octanol–water partition coefficient (Wildman–Crippen LogP) is 4.84. The smallest absolute Gasteiger partial charge is 0.159 e. The quantitative estimate of drug-likeness (QED) is 0.346. The van der Waals surface area contributed by atoms with Gasteiger partial charge >= 0.3 is 0 Å². The standard InChI is InChI=1S/C25H21N9/c1-14(2)30-17-7-16(9-27-10-17)20-8-18-21(13-29-20)33-34-24(18)25-31-22-12-28-11-19(23(22)32-25)15-3-5-26-6-4-15/h3-14,30H,1-2H3,(H,31,32)(H,33,34). The molecule has 0 aliphatic heterocycles. The van der Waals surface area contributed by atoms with Gasteiger partial charge < -0.3 is 10.3 Å². The molecule has 0 spiro atoms. The molecule has 0 unspecified atom stereocenters. The molecule has 3 N–H and O–H groups in total. The minimum atomic E-state index is 0.313. The van der Waals surface area contributed by atoms with E-state index in [0.717, 1.165) is 55.7 Å². The van der Waals surface area contributed by atoms with Crippen molar-refractivity contribution in [1.82, 2.24) is 40.1 Å². The number of H-pyrrole nitrogens is 2. The molecule has 9 heteroatoms. The molecule has 0 aliphatic carbocycles. The highest BCUT2D eigenvalue weighted by atomic mass is 15.1. The van der Waals surface area contributed by atoms with Gasteiger partial charge in [-0.1, -0.05) is 0 Å². The third-order valence-corrected chi connectivity index (χ3v) is 5.55. The lowest BCUT2D eigenvalue weighted by Gasteiger charge is -2.10. The van der Waals surface area contributed by atoms with Crippen molar-refractivity contribution in [2.75, 3.05) is 5.32 Å². The highest BCUT2D eigenvalue weighted by molar-refractivity contribution is 5.97. The molecule has 6 heterocycles. The Hall–Kier alpha value is -4.66. The lowest BCUT2D eigenvalue weighted by atomic mass is 10.1. The molecular formula is C25H21N9. The Morgan fingerprint density at radius 3 is 2.56 bits per heavy atom. The van der Waals surface area contributed by atoms with Crippen LogP contribution in [0.1, 0.15) is 13.8 Å². The summed E-state index contributed by atoms with van der Waals surface area (Å²) in [5.74, 6) is 0.662. The number of nitrogens with zero attached hydrogens (tertiary/aromatic N) is 6. The number of fused-ring (bicyclic) bond motifs is 2. The van der Waals surface area contributed by atoms with Gasteiger partial charge in [0.1, 0.15) is 5.69 Å². The van der Waals surface area contributed by atoms with Crippen molar-refractivity contribution in [3.05, 3.63) is 67.6 Å². The maximum atomic E-state index is 4.89. The van der Waals surface area contributed by atoms with Crippen LogP contribution in [-0.2, 0) is 0 Å². The van der Waals surface area contributed by atoms with Gasteiger partial charge in [0.05, 0.1) is 40.3 Å². The van der Waals surface area contributed by atoms with Crippen LogP contribution in [0.3, 0.4) is 0 Å². The highest BCUT2D eigenvalue weighted by Crippen LogP contribution is 2.32. The molecular weight excluding hydrogens is 426 g/mol. The van der Waals surface area contributed by atoms with Crippen LogP contribution >= 0.6 is 0 Å². The number of anilines is 1. The molecule has 0 fully saturated rings. The molecule has 0 amide bonds. The summed E-state index contributed by atoms with van der Waals surface area (Å²) in [4.78, 5) is 25.7. The highest BCUT2D eigenvalue weighted by Gasteiger charge is 2.16. The zero-order valence-electron chi connectivity index (χ0n) is 18.6. The summed E-state index contributed by atoms with van der Waals surface area (Å²) in [7, 11) is 0. The fourth-order valence-corrected chi connectivity index (χ4v) is 4.04. The van der Waals surface area contributed by atoms with E-state index in [1.165, 1.54) is 0 Å². The molecule has 34 heavy (non-hydrogen) atoms. The van der Waals surface area contributed by atoms with Gasteiger partial charge in [-0.25, -0.2) is 4.98 Å². The van der Waals surface area contributed by atoms with Crippen LogP contribution in [0.25, 0.3) is 55.8 Å². The average molecular weight is 448 g/mol. The van der Waals surface area contributed by atoms with E-state index in [1.807, 2.05) is 36.8 Å². The summed E-state index contributed by atoms with van der Waals surface area (Å²) in [6.45, 7) is 4.19. The number of nitrogens with one attached hydrogen (secondary N) is 3. The SMILES string of the molecule is CC(C)Nc1cncc(-c2cc3c(-c4nc5c(-c6ccncc6)cncc5[nH]4)n[nH]c3cn2)c1. The minimum absolute atomic E-state index is 0.313. The van der Waals surface area contributed by atoms with E-state index in [9.17, 15) is 0 Å². The van der Waals surface area contributed by atoms with Crippen LogP contribution in [0.15, 0.2) is 67.6 Å². The lowest BCUT2D eigenvalue weighted by molar-refractivity contribution is 0.898. The maximum absolute atomic E-state index is 4.89. The second-order valence-corrected chi connectivity index (χ2v) is 8.35. The van der Waals surface area contributed by atoms with Crippen molar-refractivity contribution in [2.45, 2.75) is 19.9 Å². The second kappa shape index (κ2) is 8.04. The van der Waals surface area contributed by atoms with Crippen LogP contribution in [0, 0.1) is 0 Å². The Balaban J connectivity index is 1.45. The molecule has 0 bridgehead atoms. The Labute approximate surface area is 194 Å². The van der Waals surface area contributed by atoms with Gasteiger partial charge in [-0.2, -0.15) is 5.10 Å². The molecule has 6 rings (SSSR count). The lowest BCUT2D eigenvalue weighted by Crippen LogP contribution is -2.09. The second-order valence-electron chi connectivity index (χ2n) is 8.35. The van der Waals surface area contributed by atoms with Crippen LogP contribution in [0.2, 0.25) is 0 Å². The van der Waals surface area contributed by atoms with E-state index in [-0.39, 0.29) is 0 Å². The van der Waals surface area contributed by atoms with Gasteiger partial charge in [-0.3, -0.25) is 25.0 Å². The van der Waals surface area contributed by atoms with E-state index < -0.39 is 0 Å². The molecule has 0 saturated heterocycles. The molecule has 0 saturated carbocycles. The first-order valence-electron chi connectivity index (χ1n) is 11.0. The summed E-state index contributed by atoms with van der Waals surface area (Å²) in [6, 6.07) is 8.27. The topological polar surface area (TPSA) is 121 Å². The number of aromatic nitrogens is 8. The van der Waals surface area contributed by atoms with Gasteiger partial charge in [0.25, 0.3) is 0 Å². The van der Waals surface area contributed by atoms with Crippen molar-refractivity contribution >= 4 is 27.6 Å². The van der Waals surface area contributed by atoms with Gasteiger partial charge in [0.2, 0.25) is 0 Å². The van der Waals surface area contributed by atoms with Gasteiger partial charge in [0.15, 0.2) is 5.82 Å². The summed E-state index contributed by atoms with van der Waals surface area (Å²) in [5, 5.41) is 11.9. The molecule has 0 atom stereocenters. The Kier molecular flexibility index (Phi) is 4.72. The first-order chi connectivity index (χ1) is 16.7. The first kappa shape index (κ1) is 20.0. The third-order valence-electron chi connectivity index (χ3n) is 5.55. The Morgan fingerprint density at radius 1 is 0.853 bits per heavy atom. The van der Waals surface area contributed by atoms with E-state index >= 15 is 0 Å². The number of pyridine rings is 4. The molecule has 0 radical (unpaired) electrons. The molecule has 6 aromatic rings. The van der Waals surface area contributed by atoms with Crippen LogP contribution in [-0.4, -0.2) is 46.1 Å². The van der Waals surface area contributed by atoms with Crippen LogP contribution < -0.4 is 5.32 Å². The predicted molar refractivity (Wildman–Crippen MR) is 132 cm³/mol. The van der Waals surface area contributed by atoms with Gasteiger partial charge in [-0.05, 0) is 43.7 Å². The van der Waals surface area contributed by atoms with Crippen LogP contribution in [0.4, 0.5) is 5.69 Å². The zero-order valence-corrected chi connectivity index (χ0v) is 18.6. The average Bonchev–Trinajstić information content (AvgIpc) is 3.48. The molecule has 6 aromatic heterocycles. The number of aromatic amines is 2. The van der Waals surface area contributed by atoms with Crippen molar-refractivity contribution in [3.63, 3.8) is 0 Å². The molecule has 9 nitrogen and oxygen atoms in total. The van der Waals surface area contributed by atoms with Crippen molar-refractivity contribution in [3.8, 4) is 33.9 Å². The van der Waals surface area contributed by atoms with Crippen LogP contribution in [0.5, 0.6) is 0 Å².